The fraction of sp³-hybridized carbons (Fsp3) is 0.150. The quantitative estimate of drug-likeness (QED) is 0.550. The number of aryl methyl sites for hydroxylation is 1. The van der Waals surface area contributed by atoms with Gasteiger partial charge < -0.3 is 9.47 Å². The Kier molecular flexibility index (Phi) is 4.33. The number of nitrogens with zero attached hydrogens (tertiary/aromatic N) is 6. The van der Waals surface area contributed by atoms with Crippen LogP contribution in [0.4, 0.5) is 0 Å². The van der Waals surface area contributed by atoms with Crippen LogP contribution in [0.1, 0.15) is 15.9 Å². The van der Waals surface area contributed by atoms with E-state index in [-0.39, 0.29) is 5.91 Å². The fourth-order valence-corrected chi connectivity index (χ4v) is 3.08. The van der Waals surface area contributed by atoms with Crippen LogP contribution in [0, 0.1) is 0 Å². The zero-order valence-electron chi connectivity index (χ0n) is 15.2. The smallest absolute Gasteiger partial charge is 0.259 e. The molecule has 0 radical (unpaired) electrons. The molecule has 0 bridgehead atoms. The number of aromatic nitrogens is 5. The van der Waals surface area contributed by atoms with Gasteiger partial charge in [-0.3, -0.25) is 9.48 Å². The number of hydrogen-bond acceptors (Lipinski definition) is 3. The van der Waals surface area contributed by atoms with E-state index in [1.165, 1.54) is 0 Å². The first kappa shape index (κ1) is 16.8. The van der Waals surface area contributed by atoms with Crippen molar-refractivity contribution < 1.29 is 4.79 Å². The molecule has 0 spiro atoms. The maximum Gasteiger partial charge on any atom is 0.259 e. The van der Waals surface area contributed by atoms with E-state index in [9.17, 15) is 4.79 Å². The van der Waals surface area contributed by atoms with Crippen LogP contribution in [0.15, 0.2) is 73.4 Å². The van der Waals surface area contributed by atoms with Crippen LogP contribution in [-0.4, -0.2) is 42.0 Å². The molecule has 3 aromatic heterocycles. The van der Waals surface area contributed by atoms with Crippen LogP contribution in [0.5, 0.6) is 0 Å². The Bertz CT molecular complexity index is 1050. The molecule has 0 N–H and O–H groups in total. The number of carbonyl (C=O) groups excluding carboxylic acids is 1. The molecule has 0 saturated carbocycles. The maximum atomic E-state index is 13.0. The maximum absolute atomic E-state index is 13.0. The van der Waals surface area contributed by atoms with E-state index in [2.05, 4.69) is 10.2 Å². The summed E-state index contributed by atoms with van der Waals surface area (Å²) in [5.41, 5.74) is 2.51. The molecule has 7 nitrogen and oxygen atoms in total. The minimum Gasteiger partial charge on any atom is -0.337 e. The second kappa shape index (κ2) is 6.95. The van der Waals surface area contributed by atoms with Gasteiger partial charge in [0.05, 0.1) is 18.1 Å². The van der Waals surface area contributed by atoms with Crippen LogP contribution in [0.2, 0.25) is 0 Å². The van der Waals surface area contributed by atoms with Crippen LogP contribution >= 0.6 is 0 Å². The molecule has 27 heavy (non-hydrogen) atoms. The minimum absolute atomic E-state index is 0.0840. The summed E-state index contributed by atoms with van der Waals surface area (Å²) in [6, 6.07) is 13.7. The Morgan fingerprint density at radius 3 is 2.52 bits per heavy atom. The van der Waals surface area contributed by atoms with Crippen molar-refractivity contribution in [1.29, 1.82) is 0 Å². The molecule has 7 heteroatoms. The molecule has 0 aliphatic rings. The highest BCUT2D eigenvalue weighted by atomic mass is 16.2. The van der Waals surface area contributed by atoms with Gasteiger partial charge in [-0.2, -0.15) is 10.2 Å². The van der Waals surface area contributed by atoms with Crippen molar-refractivity contribution in [3.63, 3.8) is 0 Å². The van der Waals surface area contributed by atoms with E-state index in [0.717, 1.165) is 17.1 Å². The first-order valence-corrected chi connectivity index (χ1v) is 8.63. The van der Waals surface area contributed by atoms with Crippen molar-refractivity contribution in [2.75, 3.05) is 7.05 Å². The van der Waals surface area contributed by atoms with E-state index in [0.29, 0.717) is 12.1 Å². The van der Waals surface area contributed by atoms with Gasteiger partial charge in [-0.15, -0.1) is 0 Å². The number of rotatable bonds is 5. The summed E-state index contributed by atoms with van der Waals surface area (Å²) in [4.78, 5) is 14.7. The zero-order valence-corrected chi connectivity index (χ0v) is 15.2. The molecule has 136 valence electrons. The highest BCUT2D eigenvalue weighted by molar-refractivity contribution is 5.96. The molecule has 1 amide bonds. The molecule has 0 saturated heterocycles. The van der Waals surface area contributed by atoms with Crippen LogP contribution < -0.4 is 0 Å². The van der Waals surface area contributed by atoms with Crippen molar-refractivity contribution >= 4 is 5.91 Å². The Hall–Kier alpha value is -3.61. The van der Waals surface area contributed by atoms with Gasteiger partial charge in [0.2, 0.25) is 0 Å². The summed E-state index contributed by atoms with van der Waals surface area (Å²) in [5, 5.41) is 8.65. The largest absolute Gasteiger partial charge is 0.337 e. The van der Waals surface area contributed by atoms with E-state index >= 15 is 0 Å². The number of benzene rings is 1. The topological polar surface area (TPSA) is 60.9 Å². The van der Waals surface area contributed by atoms with Gasteiger partial charge in [0.15, 0.2) is 0 Å². The number of amides is 1. The van der Waals surface area contributed by atoms with Crippen LogP contribution in [-0.2, 0) is 13.6 Å². The summed E-state index contributed by atoms with van der Waals surface area (Å²) in [6.45, 7) is 0.464. The predicted molar refractivity (Wildman–Crippen MR) is 102 cm³/mol. The Balaban J connectivity index is 1.54. The molecule has 0 atom stereocenters. The van der Waals surface area contributed by atoms with Gasteiger partial charge in [0.1, 0.15) is 11.4 Å². The van der Waals surface area contributed by atoms with Crippen molar-refractivity contribution in [2.24, 2.45) is 7.05 Å². The molecule has 3 heterocycles. The summed E-state index contributed by atoms with van der Waals surface area (Å²) in [6.07, 6.45) is 9.14. The Morgan fingerprint density at radius 2 is 1.78 bits per heavy atom. The molecule has 0 fully saturated rings. The number of hydrogen-bond donors (Lipinski definition) is 0. The van der Waals surface area contributed by atoms with Gasteiger partial charge >= 0.3 is 0 Å². The van der Waals surface area contributed by atoms with E-state index in [4.69, 9.17) is 0 Å². The summed E-state index contributed by atoms with van der Waals surface area (Å²) in [5.74, 6) is 0.663. The highest BCUT2D eigenvalue weighted by Gasteiger charge is 2.21. The Labute approximate surface area is 157 Å². The lowest BCUT2D eigenvalue weighted by Crippen LogP contribution is -2.27. The lowest BCUT2D eigenvalue weighted by Gasteiger charge is -2.16. The van der Waals surface area contributed by atoms with Gasteiger partial charge in [-0.05, 0) is 24.3 Å². The Morgan fingerprint density at radius 1 is 1.04 bits per heavy atom. The molecular weight excluding hydrogens is 340 g/mol. The first-order chi connectivity index (χ1) is 13.1. The third-order valence-corrected chi connectivity index (χ3v) is 4.41. The van der Waals surface area contributed by atoms with Gasteiger partial charge in [-0.1, -0.05) is 18.2 Å². The standard InChI is InChI=1S/C20H20N6O/c1-23(14-16-12-22-26(15-16)17-8-4-3-5-9-17)20(27)18-13-21-24(2)19(18)25-10-6-7-11-25/h3-13,15H,14H2,1-2H3. The van der Waals surface area contributed by atoms with E-state index in [1.807, 2.05) is 77.4 Å². The molecule has 0 aliphatic carbocycles. The van der Waals surface area contributed by atoms with E-state index in [1.54, 1.807) is 29.0 Å². The third-order valence-electron chi connectivity index (χ3n) is 4.41. The second-order valence-electron chi connectivity index (χ2n) is 6.39. The first-order valence-electron chi connectivity index (χ1n) is 8.63. The fourth-order valence-electron chi connectivity index (χ4n) is 3.08. The molecule has 0 unspecified atom stereocenters. The average molecular weight is 360 g/mol. The normalized spacial score (nSPS) is 10.9. The lowest BCUT2D eigenvalue weighted by molar-refractivity contribution is 0.0785. The van der Waals surface area contributed by atoms with Crippen LogP contribution in [0.25, 0.3) is 11.5 Å². The highest BCUT2D eigenvalue weighted by Crippen LogP contribution is 2.17. The molecule has 0 aliphatic heterocycles. The van der Waals surface area contributed by atoms with Crippen molar-refractivity contribution in [3.8, 4) is 11.5 Å². The summed E-state index contributed by atoms with van der Waals surface area (Å²) >= 11 is 0. The van der Waals surface area contributed by atoms with Gasteiger partial charge in [0, 0.05) is 44.8 Å². The van der Waals surface area contributed by atoms with Crippen molar-refractivity contribution in [2.45, 2.75) is 6.54 Å². The average Bonchev–Trinajstić information content (AvgIpc) is 3.42. The predicted octanol–water partition coefficient (Wildman–Crippen LogP) is 2.67. The van der Waals surface area contributed by atoms with Gasteiger partial charge in [-0.25, -0.2) is 4.68 Å². The SMILES string of the molecule is CN(Cc1cnn(-c2ccccc2)c1)C(=O)c1cnn(C)c1-n1cccc1. The number of carbonyl (C=O) groups is 1. The van der Waals surface area contributed by atoms with Crippen molar-refractivity contribution in [1.82, 2.24) is 29.0 Å². The number of para-hydroxylation sites is 1. The third kappa shape index (κ3) is 3.27. The van der Waals surface area contributed by atoms with Crippen LogP contribution in [0.3, 0.4) is 0 Å². The molecule has 1 aromatic carbocycles. The summed E-state index contributed by atoms with van der Waals surface area (Å²) < 4.78 is 5.40. The zero-order chi connectivity index (χ0) is 18.8. The minimum atomic E-state index is -0.0840. The summed E-state index contributed by atoms with van der Waals surface area (Å²) in [7, 11) is 3.62. The molecule has 4 rings (SSSR count). The van der Waals surface area contributed by atoms with E-state index < -0.39 is 0 Å². The monoisotopic (exact) mass is 360 g/mol. The lowest BCUT2D eigenvalue weighted by atomic mass is 10.2. The van der Waals surface area contributed by atoms with Crippen molar-refractivity contribution in [3.05, 3.63) is 84.6 Å². The molecule has 4 aromatic rings. The molecular formula is C20H20N6O. The van der Waals surface area contributed by atoms with Gasteiger partial charge in [0.25, 0.3) is 5.91 Å². The second-order valence-corrected chi connectivity index (χ2v) is 6.39.